The molecule has 0 spiro atoms. The van der Waals surface area contributed by atoms with Crippen molar-refractivity contribution in [2.24, 2.45) is 0 Å². The van der Waals surface area contributed by atoms with E-state index in [-0.39, 0.29) is 0 Å². The first-order valence-corrected chi connectivity index (χ1v) is 8.67. The standard InChI is InChI=1S/C17H24N6/c1-2-8-23-15(3-1)11-19-17(23)12-22-9-5-14(6-10-22)21-16-4-7-18-13-20-16/h4,7,11,13-14H,1-3,5-6,8-10,12H2,(H,18,20,21). The quantitative estimate of drug-likeness (QED) is 0.937. The van der Waals surface area contributed by atoms with Gasteiger partial charge in [-0.3, -0.25) is 4.90 Å². The van der Waals surface area contributed by atoms with Gasteiger partial charge >= 0.3 is 0 Å². The minimum atomic E-state index is 0.510. The van der Waals surface area contributed by atoms with Crippen molar-refractivity contribution in [2.45, 2.75) is 51.2 Å². The summed E-state index contributed by atoms with van der Waals surface area (Å²) in [5, 5.41) is 3.51. The topological polar surface area (TPSA) is 58.9 Å². The molecule has 1 N–H and O–H groups in total. The Kier molecular flexibility index (Phi) is 4.24. The first kappa shape index (κ1) is 14.6. The summed E-state index contributed by atoms with van der Waals surface area (Å²) in [6.07, 6.45) is 11.6. The first-order chi connectivity index (χ1) is 11.4. The average molecular weight is 312 g/mol. The van der Waals surface area contributed by atoms with E-state index in [1.165, 1.54) is 30.8 Å². The molecule has 2 aromatic heterocycles. The number of anilines is 1. The van der Waals surface area contributed by atoms with Gasteiger partial charge in [-0.25, -0.2) is 15.0 Å². The number of rotatable bonds is 4. The maximum absolute atomic E-state index is 4.67. The van der Waals surface area contributed by atoms with Crippen LogP contribution in [0, 0.1) is 0 Å². The number of aromatic nitrogens is 4. The summed E-state index contributed by atoms with van der Waals surface area (Å²) in [6, 6.07) is 2.44. The van der Waals surface area contributed by atoms with Crippen molar-refractivity contribution in [3.8, 4) is 0 Å². The van der Waals surface area contributed by atoms with Crippen molar-refractivity contribution in [3.05, 3.63) is 36.3 Å². The number of likely N-dealkylation sites (tertiary alicyclic amines) is 1. The molecule has 0 radical (unpaired) electrons. The van der Waals surface area contributed by atoms with Gasteiger partial charge in [0.2, 0.25) is 0 Å². The SMILES string of the molecule is c1cc(NC2CCN(Cc3ncc4n3CCCC4)CC2)ncn1. The van der Waals surface area contributed by atoms with Crippen LogP contribution in [0.25, 0.3) is 0 Å². The van der Waals surface area contributed by atoms with Crippen LogP contribution in [-0.4, -0.2) is 43.6 Å². The maximum atomic E-state index is 4.67. The molecular weight excluding hydrogens is 288 g/mol. The van der Waals surface area contributed by atoms with E-state index in [2.05, 4.69) is 35.9 Å². The van der Waals surface area contributed by atoms with Crippen LogP contribution in [0.1, 0.15) is 37.2 Å². The molecule has 23 heavy (non-hydrogen) atoms. The molecule has 4 rings (SSSR count). The second-order valence-electron chi connectivity index (χ2n) is 6.56. The van der Waals surface area contributed by atoms with Gasteiger partial charge in [-0.2, -0.15) is 0 Å². The van der Waals surface area contributed by atoms with Gasteiger partial charge in [-0.05, 0) is 38.2 Å². The van der Waals surface area contributed by atoms with Crippen molar-refractivity contribution in [2.75, 3.05) is 18.4 Å². The zero-order valence-electron chi connectivity index (χ0n) is 13.5. The van der Waals surface area contributed by atoms with Crippen LogP contribution < -0.4 is 5.32 Å². The summed E-state index contributed by atoms with van der Waals surface area (Å²) < 4.78 is 2.44. The van der Waals surface area contributed by atoms with Crippen LogP contribution in [0.3, 0.4) is 0 Å². The highest BCUT2D eigenvalue weighted by atomic mass is 15.2. The molecular formula is C17H24N6. The van der Waals surface area contributed by atoms with Crippen LogP contribution in [0.5, 0.6) is 0 Å². The summed E-state index contributed by atoms with van der Waals surface area (Å²) in [4.78, 5) is 15.4. The lowest BCUT2D eigenvalue weighted by atomic mass is 10.1. The fraction of sp³-hybridized carbons (Fsp3) is 0.588. The predicted octanol–water partition coefficient (Wildman–Crippen LogP) is 2.09. The van der Waals surface area contributed by atoms with Crippen LogP contribution >= 0.6 is 0 Å². The summed E-state index contributed by atoms with van der Waals surface area (Å²) in [6.45, 7) is 4.37. The number of hydrogen-bond acceptors (Lipinski definition) is 5. The highest BCUT2D eigenvalue weighted by molar-refractivity contribution is 5.33. The molecule has 6 heteroatoms. The summed E-state index contributed by atoms with van der Waals surface area (Å²) in [5.74, 6) is 2.18. The van der Waals surface area contributed by atoms with Crippen LogP contribution in [0.2, 0.25) is 0 Å². The number of hydrogen-bond donors (Lipinski definition) is 1. The Bertz CT molecular complexity index is 630. The van der Waals surface area contributed by atoms with Crippen molar-refractivity contribution in [1.82, 2.24) is 24.4 Å². The number of aryl methyl sites for hydroxylation is 1. The van der Waals surface area contributed by atoms with Gasteiger partial charge in [0.05, 0.1) is 6.54 Å². The third kappa shape index (κ3) is 3.37. The molecule has 0 aliphatic carbocycles. The second kappa shape index (κ2) is 6.66. The zero-order valence-corrected chi connectivity index (χ0v) is 13.5. The normalized spacial score (nSPS) is 19.5. The molecule has 4 heterocycles. The fourth-order valence-electron chi connectivity index (χ4n) is 3.65. The van der Waals surface area contributed by atoms with Crippen molar-refractivity contribution >= 4 is 5.82 Å². The Balaban J connectivity index is 1.31. The van der Waals surface area contributed by atoms with E-state index >= 15 is 0 Å². The Labute approximate surface area is 137 Å². The molecule has 2 aliphatic heterocycles. The monoisotopic (exact) mass is 312 g/mol. The van der Waals surface area contributed by atoms with Gasteiger partial charge in [0.25, 0.3) is 0 Å². The first-order valence-electron chi connectivity index (χ1n) is 8.67. The molecule has 0 unspecified atom stereocenters. The molecule has 0 aromatic carbocycles. The lowest BCUT2D eigenvalue weighted by Gasteiger charge is -2.32. The van der Waals surface area contributed by atoms with E-state index in [0.717, 1.165) is 44.8 Å². The van der Waals surface area contributed by atoms with Crippen molar-refractivity contribution in [3.63, 3.8) is 0 Å². The van der Waals surface area contributed by atoms with Gasteiger partial charge in [-0.1, -0.05) is 0 Å². The average Bonchev–Trinajstić information content (AvgIpc) is 3.01. The number of piperidine rings is 1. The lowest BCUT2D eigenvalue weighted by molar-refractivity contribution is 0.203. The number of nitrogens with one attached hydrogen (secondary N) is 1. The number of nitrogens with zero attached hydrogens (tertiary/aromatic N) is 5. The second-order valence-corrected chi connectivity index (χ2v) is 6.56. The molecule has 1 fully saturated rings. The van der Waals surface area contributed by atoms with Crippen molar-refractivity contribution < 1.29 is 0 Å². The molecule has 0 amide bonds. The van der Waals surface area contributed by atoms with E-state index in [1.807, 2.05) is 6.07 Å². The molecule has 2 aliphatic rings. The summed E-state index contributed by atoms with van der Waals surface area (Å²) in [7, 11) is 0. The fourth-order valence-corrected chi connectivity index (χ4v) is 3.65. The smallest absolute Gasteiger partial charge is 0.129 e. The van der Waals surface area contributed by atoms with Gasteiger partial charge in [-0.15, -0.1) is 0 Å². The van der Waals surface area contributed by atoms with Crippen molar-refractivity contribution in [1.29, 1.82) is 0 Å². The van der Waals surface area contributed by atoms with Crippen LogP contribution in [0.4, 0.5) is 5.82 Å². The highest BCUT2D eigenvalue weighted by Gasteiger charge is 2.22. The zero-order chi connectivity index (χ0) is 15.5. The largest absolute Gasteiger partial charge is 0.367 e. The molecule has 122 valence electrons. The van der Waals surface area contributed by atoms with E-state index in [0.29, 0.717) is 6.04 Å². The molecule has 0 bridgehead atoms. The highest BCUT2D eigenvalue weighted by Crippen LogP contribution is 2.20. The van der Waals surface area contributed by atoms with E-state index in [9.17, 15) is 0 Å². The molecule has 1 saturated heterocycles. The van der Waals surface area contributed by atoms with E-state index < -0.39 is 0 Å². The van der Waals surface area contributed by atoms with Gasteiger partial charge in [0.15, 0.2) is 0 Å². The third-order valence-electron chi connectivity index (χ3n) is 4.97. The minimum Gasteiger partial charge on any atom is -0.367 e. The molecule has 6 nitrogen and oxygen atoms in total. The number of fused-ring (bicyclic) bond motifs is 1. The van der Waals surface area contributed by atoms with Gasteiger partial charge in [0, 0.05) is 43.8 Å². The van der Waals surface area contributed by atoms with Gasteiger partial charge in [0.1, 0.15) is 18.0 Å². The maximum Gasteiger partial charge on any atom is 0.129 e. The summed E-state index contributed by atoms with van der Waals surface area (Å²) in [5.41, 5.74) is 1.42. The van der Waals surface area contributed by atoms with E-state index in [1.54, 1.807) is 12.5 Å². The van der Waals surface area contributed by atoms with Crippen LogP contribution in [-0.2, 0) is 19.5 Å². The molecule has 0 atom stereocenters. The predicted molar refractivity (Wildman–Crippen MR) is 89.1 cm³/mol. The third-order valence-corrected chi connectivity index (χ3v) is 4.97. The molecule has 2 aromatic rings. The number of imidazole rings is 1. The Hall–Kier alpha value is -1.95. The molecule has 0 saturated carbocycles. The van der Waals surface area contributed by atoms with Gasteiger partial charge < -0.3 is 9.88 Å². The Morgan fingerprint density at radius 3 is 2.87 bits per heavy atom. The lowest BCUT2D eigenvalue weighted by Crippen LogP contribution is -2.39. The Morgan fingerprint density at radius 1 is 1.13 bits per heavy atom. The van der Waals surface area contributed by atoms with E-state index in [4.69, 9.17) is 0 Å². The summed E-state index contributed by atoms with van der Waals surface area (Å²) >= 11 is 0. The Morgan fingerprint density at radius 2 is 2.04 bits per heavy atom. The van der Waals surface area contributed by atoms with Crippen LogP contribution in [0.15, 0.2) is 24.8 Å². The minimum absolute atomic E-state index is 0.510.